The van der Waals surface area contributed by atoms with Crippen LogP contribution >= 0.6 is 0 Å². The summed E-state index contributed by atoms with van der Waals surface area (Å²) in [5.74, 6) is -0.242. The second kappa shape index (κ2) is 3.70. The number of carbonyl (C=O) groups is 2. The van der Waals surface area contributed by atoms with Gasteiger partial charge in [-0.05, 0) is 12.8 Å². The number of ketones is 1. The van der Waals surface area contributed by atoms with Gasteiger partial charge in [-0.25, -0.2) is 0 Å². The summed E-state index contributed by atoms with van der Waals surface area (Å²) in [5.41, 5.74) is 0. The van der Waals surface area contributed by atoms with Crippen LogP contribution < -0.4 is 0 Å². The van der Waals surface area contributed by atoms with Crippen LogP contribution in [0.2, 0.25) is 0 Å². The van der Waals surface area contributed by atoms with Crippen LogP contribution in [0.1, 0.15) is 25.7 Å². The molecule has 1 rings (SSSR count). The van der Waals surface area contributed by atoms with E-state index in [1.807, 2.05) is 0 Å². The molecule has 0 heterocycles. The van der Waals surface area contributed by atoms with Crippen LogP contribution in [-0.4, -0.2) is 30.7 Å². The van der Waals surface area contributed by atoms with Crippen molar-refractivity contribution in [1.29, 1.82) is 0 Å². The highest BCUT2D eigenvalue weighted by molar-refractivity contribution is 6.01. The van der Waals surface area contributed by atoms with Gasteiger partial charge in [-0.3, -0.25) is 9.59 Å². The van der Waals surface area contributed by atoms with Gasteiger partial charge in [0.2, 0.25) is 5.91 Å². The lowest BCUT2D eigenvalue weighted by Gasteiger charge is -2.22. The molecule has 0 aromatic heterocycles. The smallest absolute Gasteiger partial charge is 0.232 e. The molecular formula is C9H15NO2. The lowest BCUT2D eigenvalue weighted by atomic mass is 9.87. The number of carbonyl (C=O) groups excluding carboxylic acids is 2. The number of amides is 1. The fourth-order valence-electron chi connectivity index (χ4n) is 1.56. The molecule has 12 heavy (non-hydrogen) atoms. The lowest BCUT2D eigenvalue weighted by molar-refractivity contribution is -0.140. The van der Waals surface area contributed by atoms with Crippen LogP contribution in [-0.2, 0) is 9.59 Å². The summed E-state index contributed by atoms with van der Waals surface area (Å²) in [4.78, 5) is 24.2. The molecule has 3 nitrogen and oxygen atoms in total. The van der Waals surface area contributed by atoms with E-state index in [-0.39, 0.29) is 17.6 Å². The van der Waals surface area contributed by atoms with Crippen molar-refractivity contribution in [3.8, 4) is 0 Å². The molecule has 0 spiro atoms. The first kappa shape index (κ1) is 9.23. The highest BCUT2D eigenvalue weighted by Gasteiger charge is 2.29. The Morgan fingerprint density at radius 3 is 2.58 bits per heavy atom. The molecule has 1 atom stereocenters. The van der Waals surface area contributed by atoms with Gasteiger partial charge < -0.3 is 4.90 Å². The minimum absolute atomic E-state index is 0.0281. The zero-order valence-electron chi connectivity index (χ0n) is 7.67. The molecule has 0 aliphatic heterocycles. The summed E-state index contributed by atoms with van der Waals surface area (Å²) in [6.07, 6.45) is 3.30. The SMILES string of the molecule is CN(C)C(=O)C1CCCCC1=O. The molecule has 1 aliphatic rings. The summed E-state index contributed by atoms with van der Waals surface area (Å²) >= 11 is 0. The summed E-state index contributed by atoms with van der Waals surface area (Å²) in [6, 6.07) is 0. The second-order valence-corrected chi connectivity index (χ2v) is 3.50. The van der Waals surface area contributed by atoms with E-state index in [0.717, 1.165) is 19.3 Å². The first-order valence-electron chi connectivity index (χ1n) is 4.37. The standard InChI is InChI=1S/C9H15NO2/c1-10(2)9(12)7-5-3-4-6-8(7)11/h7H,3-6H2,1-2H3. The van der Waals surface area contributed by atoms with E-state index < -0.39 is 0 Å². The quantitative estimate of drug-likeness (QED) is 0.545. The van der Waals surface area contributed by atoms with Crippen molar-refractivity contribution in [1.82, 2.24) is 4.90 Å². The minimum atomic E-state index is -0.339. The van der Waals surface area contributed by atoms with Crippen LogP contribution in [0.25, 0.3) is 0 Å². The summed E-state index contributed by atoms with van der Waals surface area (Å²) in [6.45, 7) is 0. The molecule has 0 aromatic carbocycles. The Morgan fingerprint density at radius 2 is 2.08 bits per heavy atom. The van der Waals surface area contributed by atoms with Crippen molar-refractivity contribution >= 4 is 11.7 Å². The third kappa shape index (κ3) is 1.84. The molecule has 0 radical (unpaired) electrons. The highest BCUT2D eigenvalue weighted by Crippen LogP contribution is 2.21. The Kier molecular flexibility index (Phi) is 2.84. The van der Waals surface area contributed by atoms with E-state index in [1.165, 1.54) is 4.90 Å². The van der Waals surface area contributed by atoms with E-state index in [2.05, 4.69) is 0 Å². The maximum atomic E-state index is 11.4. The van der Waals surface area contributed by atoms with Gasteiger partial charge in [-0.15, -0.1) is 0 Å². The van der Waals surface area contributed by atoms with Gasteiger partial charge in [0.05, 0.1) is 5.92 Å². The van der Waals surface area contributed by atoms with E-state index in [9.17, 15) is 9.59 Å². The number of rotatable bonds is 1. The number of nitrogens with zero attached hydrogens (tertiary/aromatic N) is 1. The topological polar surface area (TPSA) is 37.4 Å². The van der Waals surface area contributed by atoms with E-state index in [1.54, 1.807) is 14.1 Å². The van der Waals surface area contributed by atoms with Crippen molar-refractivity contribution in [2.75, 3.05) is 14.1 Å². The molecule has 0 N–H and O–H groups in total. The maximum Gasteiger partial charge on any atom is 0.232 e. The van der Waals surface area contributed by atoms with Gasteiger partial charge in [0.25, 0.3) is 0 Å². The fraction of sp³-hybridized carbons (Fsp3) is 0.778. The van der Waals surface area contributed by atoms with Crippen molar-refractivity contribution in [3.05, 3.63) is 0 Å². The number of hydrogen-bond acceptors (Lipinski definition) is 2. The molecule has 0 bridgehead atoms. The normalized spacial score (nSPS) is 23.8. The molecular weight excluding hydrogens is 154 g/mol. The molecule has 1 fully saturated rings. The average Bonchev–Trinajstić information content (AvgIpc) is 2.04. The first-order chi connectivity index (χ1) is 5.63. The Balaban J connectivity index is 2.60. The lowest BCUT2D eigenvalue weighted by Crippen LogP contribution is -2.36. The molecule has 0 aromatic rings. The third-order valence-corrected chi connectivity index (χ3v) is 2.29. The van der Waals surface area contributed by atoms with E-state index >= 15 is 0 Å². The molecule has 1 saturated carbocycles. The molecule has 68 valence electrons. The van der Waals surface area contributed by atoms with Crippen LogP contribution in [0.5, 0.6) is 0 Å². The van der Waals surface area contributed by atoms with Crippen molar-refractivity contribution in [2.45, 2.75) is 25.7 Å². The zero-order chi connectivity index (χ0) is 9.14. The summed E-state index contributed by atoms with van der Waals surface area (Å²) in [5, 5.41) is 0. The van der Waals surface area contributed by atoms with Crippen LogP contribution in [0.15, 0.2) is 0 Å². The number of Topliss-reactive ketones (excluding diaryl/α,β-unsaturated/α-hetero) is 1. The molecule has 0 saturated heterocycles. The monoisotopic (exact) mass is 169 g/mol. The summed E-state index contributed by atoms with van der Waals surface area (Å²) < 4.78 is 0. The van der Waals surface area contributed by atoms with Crippen LogP contribution in [0, 0.1) is 5.92 Å². The Labute approximate surface area is 72.7 Å². The largest absolute Gasteiger partial charge is 0.348 e. The van der Waals surface area contributed by atoms with Crippen molar-refractivity contribution in [2.24, 2.45) is 5.92 Å². The van der Waals surface area contributed by atoms with E-state index in [0.29, 0.717) is 6.42 Å². The maximum absolute atomic E-state index is 11.4. The third-order valence-electron chi connectivity index (χ3n) is 2.29. The van der Waals surface area contributed by atoms with Gasteiger partial charge >= 0.3 is 0 Å². The molecule has 3 heteroatoms. The Hall–Kier alpha value is -0.860. The predicted molar refractivity (Wildman–Crippen MR) is 45.7 cm³/mol. The van der Waals surface area contributed by atoms with Gasteiger partial charge in [0.15, 0.2) is 0 Å². The first-order valence-corrected chi connectivity index (χ1v) is 4.37. The summed E-state index contributed by atoms with van der Waals surface area (Å²) in [7, 11) is 3.40. The van der Waals surface area contributed by atoms with Gasteiger partial charge in [-0.1, -0.05) is 6.42 Å². The molecule has 1 amide bonds. The zero-order valence-corrected chi connectivity index (χ0v) is 7.67. The van der Waals surface area contributed by atoms with E-state index in [4.69, 9.17) is 0 Å². The van der Waals surface area contributed by atoms with Crippen LogP contribution in [0.3, 0.4) is 0 Å². The van der Waals surface area contributed by atoms with Gasteiger partial charge in [-0.2, -0.15) is 0 Å². The minimum Gasteiger partial charge on any atom is -0.348 e. The fourth-order valence-corrected chi connectivity index (χ4v) is 1.56. The van der Waals surface area contributed by atoms with Gasteiger partial charge in [0, 0.05) is 20.5 Å². The van der Waals surface area contributed by atoms with Crippen molar-refractivity contribution < 1.29 is 9.59 Å². The average molecular weight is 169 g/mol. The second-order valence-electron chi connectivity index (χ2n) is 3.50. The van der Waals surface area contributed by atoms with Crippen molar-refractivity contribution in [3.63, 3.8) is 0 Å². The number of hydrogen-bond donors (Lipinski definition) is 0. The Morgan fingerprint density at radius 1 is 1.42 bits per heavy atom. The van der Waals surface area contributed by atoms with Crippen LogP contribution in [0.4, 0.5) is 0 Å². The highest BCUT2D eigenvalue weighted by atomic mass is 16.2. The molecule has 1 aliphatic carbocycles. The Bertz CT molecular complexity index is 199. The predicted octanol–water partition coefficient (Wildman–Crippen LogP) is 0.834. The van der Waals surface area contributed by atoms with Gasteiger partial charge in [0.1, 0.15) is 5.78 Å². The molecule has 1 unspecified atom stereocenters.